The van der Waals surface area contributed by atoms with Crippen molar-refractivity contribution in [2.45, 2.75) is 31.8 Å². The zero-order valence-corrected chi connectivity index (χ0v) is 12.6. The number of hydrogen-bond donors (Lipinski definition) is 1. The van der Waals surface area contributed by atoms with E-state index in [4.69, 9.17) is 0 Å². The van der Waals surface area contributed by atoms with Gasteiger partial charge in [-0.15, -0.1) is 0 Å². The first-order valence-electron chi connectivity index (χ1n) is 7.20. The average Bonchev–Trinajstić information content (AvgIpc) is 2.48. The van der Waals surface area contributed by atoms with Crippen molar-refractivity contribution in [2.75, 3.05) is 20.1 Å². The second-order valence-electron chi connectivity index (χ2n) is 5.68. The molecule has 114 valence electrons. The molecular weight excluding hydrogens is 268 g/mol. The van der Waals surface area contributed by atoms with Gasteiger partial charge in [0.25, 0.3) is 0 Å². The van der Waals surface area contributed by atoms with E-state index >= 15 is 0 Å². The van der Waals surface area contributed by atoms with E-state index < -0.39 is 11.5 Å². The standard InChI is InChI=1S/C16H22N2O3/c1-13(19)17(2)16(15(20)21)8-10-18(11-9-16)12-14-6-4-3-5-7-14/h3-7H,8-12H2,1-2H3,(H,20,21). The number of rotatable bonds is 4. The molecule has 1 amide bonds. The highest BCUT2D eigenvalue weighted by atomic mass is 16.4. The molecule has 1 aromatic carbocycles. The Bertz CT molecular complexity index is 508. The minimum Gasteiger partial charge on any atom is -0.479 e. The Morgan fingerprint density at radius 2 is 1.81 bits per heavy atom. The second kappa shape index (κ2) is 6.26. The summed E-state index contributed by atoms with van der Waals surface area (Å²) >= 11 is 0. The topological polar surface area (TPSA) is 60.9 Å². The van der Waals surface area contributed by atoms with Gasteiger partial charge >= 0.3 is 5.97 Å². The van der Waals surface area contributed by atoms with Crippen LogP contribution in [0.5, 0.6) is 0 Å². The smallest absolute Gasteiger partial charge is 0.329 e. The molecule has 5 heteroatoms. The third-order valence-corrected chi connectivity index (χ3v) is 4.44. The van der Waals surface area contributed by atoms with Crippen LogP contribution >= 0.6 is 0 Å². The number of carboxylic acids is 1. The molecule has 0 aliphatic carbocycles. The number of carbonyl (C=O) groups excluding carboxylic acids is 1. The van der Waals surface area contributed by atoms with Crippen LogP contribution in [0.15, 0.2) is 30.3 Å². The van der Waals surface area contributed by atoms with Gasteiger partial charge in [0.15, 0.2) is 0 Å². The number of carbonyl (C=O) groups is 2. The van der Waals surface area contributed by atoms with E-state index in [0.717, 1.165) is 6.54 Å². The van der Waals surface area contributed by atoms with Crippen molar-refractivity contribution in [3.63, 3.8) is 0 Å². The summed E-state index contributed by atoms with van der Waals surface area (Å²) in [6, 6.07) is 10.1. The van der Waals surface area contributed by atoms with Crippen LogP contribution in [-0.2, 0) is 16.1 Å². The third kappa shape index (κ3) is 3.24. The van der Waals surface area contributed by atoms with E-state index in [1.165, 1.54) is 17.4 Å². The quantitative estimate of drug-likeness (QED) is 0.914. The molecule has 0 spiro atoms. The predicted molar refractivity (Wildman–Crippen MR) is 79.8 cm³/mol. The zero-order chi connectivity index (χ0) is 15.5. The van der Waals surface area contributed by atoms with Crippen LogP contribution in [0.4, 0.5) is 0 Å². The summed E-state index contributed by atoms with van der Waals surface area (Å²) in [6.07, 6.45) is 0.927. The Morgan fingerprint density at radius 1 is 1.24 bits per heavy atom. The van der Waals surface area contributed by atoms with Crippen molar-refractivity contribution >= 4 is 11.9 Å². The zero-order valence-electron chi connectivity index (χ0n) is 12.6. The SMILES string of the molecule is CC(=O)N(C)C1(C(=O)O)CCN(Cc2ccccc2)CC1. The molecule has 0 saturated carbocycles. The van der Waals surface area contributed by atoms with Gasteiger partial charge in [-0.25, -0.2) is 4.79 Å². The van der Waals surface area contributed by atoms with Gasteiger partial charge in [-0.05, 0) is 18.4 Å². The summed E-state index contributed by atoms with van der Waals surface area (Å²) < 4.78 is 0. The Labute approximate surface area is 125 Å². The van der Waals surface area contributed by atoms with Gasteiger partial charge in [-0.3, -0.25) is 9.69 Å². The van der Waals surface area contributed by atoms with Gasteiger partial charge in [-0.2, -0.15) is 0 Å². The van der Waals surface area contributed by atoms with Crippen LogP contribution in [-0.4, -0.2) is 52.5 Å². The fourth-order valence-electron chi connectivity index (χ4n) is 2.92. The molecule has 1 aliphatic rings. The molecule has 1 heterocycles. The largest absolute Gasteiger partial charge is 0.479 e. The van der Waals surface area contributed by atoms with Gasteiger partial charge < -0.3 is 10.0 Å². The number of hydrogen-bond acceptors (Lipinski definition) is 3. The normalized spacial score (nSPS) is 18.2. The summed E-state index contributed by atoms with van der Waals surface area (Å²) in [4.78, 5) is 26.9. The molecule has 1 saturated heterocycles. The van der Waals surface area contributed by atoms with Crippen molar-refractivity contribution in [2.24, 2.45) is 0 Å². The number of benzene rings is 1. The molecule has 0 aromatic heterocycles. The molecule has 0 unspecified atom stereocenters. The third-order valence-electron chi connectivity index (χ3n) is 4.44. The maximum Gasteiger partial charge on any atom is 0.329 e. The van der Waals surface area contributed by atoms with E-state index in [0.29, 0.717) is 25.9 Å². The molecule has 0 atom stereocenters. The highest BCUT2D eigenvalue weighted by molar-refractivity contribution is 5.86. The van der Waals surface area contributed by atoms with Crippen LogP contribution in [0, 0.1) is 0 Å². The first-order valence-corrected chi connectivity index (χ1v) is 7.20. The van der Waals surface area contributed by atoms with E-state index in [9.17, 15) is 14.7 Å². The highest BCUT2D eigenvalue weighted by Crippen LogP contribution is 2.29. The van der Waals surface area contributed by atoms with Crippen molar-refractivity contribution in [3.05, 3.63) is 35.9 Å². The van der Waals surface area contributed by atoms with E-state index in [1.54, 1.807) is 7.05 Å². The summed E-state index contributed by atoms with van der Waals surface area (Å²) in [5.74, 6) is -1.10. The van der Waals surface area contributed by atoms with Crippen molar-refractivity contribution < 1.29 is 14.7 Å². The molecule has 0 radical (unpaired) electrons. The Kier molecular flexibility index (Phi) is 4.63. The molecule has 0 bridgehead atoms. The molecular formula is C16H22N2O3. The fraction of sp³-hybridized carbons (Fsp3) is 0.500. The Hall–Kier alpha value is -1.88. The number of amides is 1. The van der Waals surface area contributed by atoms with Crippen LogP contribution in [0.3, 0.4) is 0 Å². The van der Waals surface area contributed by atoms with Crippen molar-refractivity contribution in [3.8, 4) is 0 Å². The van der Waals surface area contributed by atoms with Crippen LogP contribution in [0.25, 0.3) is 0 Å². The van der Waals surface area contributed by atoms with E-state index in [1.807, 2.05) is 18.2 Å². The number of piperidine rings is 1. The van der Waals surface area contributed by atoms with Crippen molar-refractivity contribution in [1.82, 2.24) is 9.80 Å². The van der Waals surface area contributed by atoms with Crippen LogP contribution in [0.2, 0.25) is 0 Å². The summed E-state index contributed by atoms with van der Waals surface area (Å²) in [5.41, 5.74) is 0.166. The molecule has 5 nitrogen and oxygen atoms in total. The number of nitrogens with zero attached hydrogens (tertiary/aromatic N) is 2. The lowest BCUT2D eigenvalue weighted by Crippen LogP contribution is -2.60. The highest BCUT2D eigenvalue weighted by Gasteiger charge is 2.46. The predicted octanol–water partition coefficient (Wildman–Crippen LogP) is 1.58. The summed E-state index contributed by atoms with van der Waals surface area (Å²) in [6.45, 7) is 3.60. The van der Waals surface area contributed by atoms with Gasteiger partial charge in [0.2, 0.25) is 5.91 Å². The summed E-state index contributed by atoms with van der Waals surface area (Å²) in [7, 11) is 1.59. The lowest BCUT2D eigenvalue weighted by molar-refractivity contribution is -0.160. The minimum absolute atomic E-state index is 0.200. The molecule has 1 aliphatic heterocycles. The molecule has 2 rings (SSSR count). The maximum absolute atomic E-state index is 11.7. The van der Waals surface area contributed by atoms with Gasteiger partial charge in [0, 0.05) is 33.6 Å². The number of likely N-dealkylation sites (N-methyl/N-ethyl adjacent to an activating group) is 1. The fourth-order valence-corrected chi connectivity index (χ4v) is 2.92. The van der Waals surface area contributed by atoms with Crippen molar-refractivity contribution in [1.29, 1.82) is 0 Å². The Morgan fingerprint density at radius 3 is 2.29 bits per heavy atom. The average molecular weight is 290 g/mol. The van der Waals surface area contributed by atoms with Gasteiger partial charge in [0.05, 0.1) is 0 Å². The van der Waals surface area contributed by atoms with Gasteiger partial charge in [0.1, 0.15) is 5.54 Å². The number of aliphatic carboxylic acids is 1. The second-order valence-corrected chi connectivity index (χ2v) is 5.68. The van der Waals surface area contributed by atoms with E-state index in [2.05, 4.69) is 17.0 Å². The van der Waals surface area contributed by atoms with E-state index in [-0.39, 0.29) is 5.91 Å². The first-order chi connectivity index (χ1) is 9.95. The summed E-state index contributed by atoms with van der Waals surface area (Å²) in [5, 5.41) is 9.57. The number of likely N-dealkylation sites (tertiary alicyclic amines) is 1. The molecule has 1 aromatic rings. The number of carboxylic acid groups (broad SMARTS) is 1. The van der Waals surface area contributed by atoms with Crippen LogP contribution < -0.4 is 0 Å². The monoisotopic (exact) mass is 290 g/mol. The lowest BCUT2D eigenvalue weighted by atomic mass is 9.85. The lowest BCUT2D eigenvalue weighted by Gasteiger charge is -2.44. The van der Waals surface area contributed by atoms with Crippen LogP contribution in [0.1, 0.15) is 25.3 Å². The first kappa shape index (κ1) is 15.5. The maximum atomic E-state index is 11.7. The molecule has 21 heavy (non-hydrogen) atoms. The Balaban J connectivity index is 2.03. The minimum atomic E-state index is -1.06. The molecule has 1 N–H and O–H groups in total. The molecule has 1 fully saturated rings. The van der Waals surface area contributed by atoms with Gasteiger partial charge in [-0.1, -0.05) is 30.3 Å².